The van der Waals surface area contributed by atoms with Gasteiger partial charge in [-0.05, 0) is 80.3 Å². The van der Waals surface area contributed by atoms with Crippen LogP contribution in [0, 0.1) is 5.82 Å². The lowest BCUT2D eigenvalue weighted by Crippen LogP contribution is -2.48. The van der Waals surface area contributed by atoms with Gasteiger partial charge in [0.15, 0.2) is 0 Å². The summed E-state index contributed by atoms with van der Waals surface area (Å²) in [6, 6.07) is 12.5. The SMILES string of the molecule is CCN1c2ccc(/C=C3/SC(=O)N(Cc4ccccc4F)C3=O)cc2C(C)CC1(C)C. The molecule has 1 atom stereocenters. The number of anilines is 1. The Hall–Kier alpha value is -2.60. The van der Waals surface area contributed by atoms with E-state index in [0.29, 0.717) is 16.4 Å². The molecule has 2 aliphatic rings. The summed E-state index contributed by atoms with van der Waals surface area (Å²) in [4.78, 5) is 29.2. The fourth-order valence-electron chi connectivity index (χ4n) is 4.78. The zero-order valence-electron chi connectivity index (χ0n) is 18.3. The summed E-state index contributed by atoms with van der Waals surface area (Å²) in [6.45, 7) is 9.82. The number of carbonyl (C=O) groups excluding carboxylic acids is 2. The minimum Gasteiger partial charge on any atom is -0.366 e. The predicted molar refractivity (Wildman–Crippen MR) is 124 cm³/mol. The lowest BCUT2D eigenvalue weighted by Gasteiger charge is -2.47. The number of fused-ring (bicyclic) bond motifs is 1. The van der Waals surface area contributed by atoms with Crippen LogP contribution in [-0.2, 0) is 11.3 Å². The maximum atomic E-state index is 14.0. The summed E-state index contributed by atoms with van der Waals surface area (Å²) in [6.07, 6.45) is 2.83. The van der Waals surface area contributed by atoms with Gasteiger partial charge in [0.1, 0.15) is 5.82 Å². The Kier molecular flexibility index (Phi) is 5.69. The molecule has 1 unspecified atom stereocenters. The maximum absolute atomic E-state index is 14.0. The highest BCUT2D eigenvalue weighted by atomic mass is 32.2. The van der Waals surface area contributed by atoms with Crippen molar-refractivity contribution in [2.45, 2.75) is 52.1 Å². The highest BCUT2D eigenvalue weighted by molar-refractivity contribution is 8.18. The molecule has 1 saturated heterocycles. The average Bonchev–Trinajstić information content (AvgIpc) is 2.97. The Morgan fingerprint density at radius 3 is 2.65 bits per heavy atom. The van der Waals surface area contributed by atoms with E-state index in [1.807, 2.05) is 6.07 Å². The van der Waals surface area contributed by atoms with Crippen LogP contribution in [0.15, 0.2) is 47.4 Å². The molecule has 1 fully saturated rings. The van der Waals surface area contributed by atoms with Gasteiger partial charge in [0, 0.05) is 23.3 Å². The number of thioether (sulfide) groups is 1. The van der Waals surface area contributed by atoms with Gasteiger partial charge in [-0.15, -0.1) is 0 Å². The van der Waals surface area contributed by atoms with Crippen LogP contribution < -0.4 is 4.90 Å². The second-order valence-electron chi connectivity index (χ2n) is 8.84. The van der Waals surface area contributed by atoms with Gasteiger partial charge in [0.05, 0.1) is 11.4 Å². The molecule has 0 saturated carbocycles. The van der Waals surface area contributed by atoms with Gasteiger partial charge in [0.25, 0.3) is 11.1 Å². The first-order valence-corrected chi connectivity index (χ1v) is 11.4. The van der Waals surface area contributed by atoms with Crippen LogP contribution in [0.1, 0.15) is 56.7 Å². The molecule has 0 radical (unpaired) electrons. The predicted octanol–water partition coefficient (Wildman–Crippen LogP) is 6.17. The van der Waals surface area contributed by atoms with Crippen molar-refractivity contribution in [1.82, 2.24) is 4.90 Å². The molecule has 0 N–H and O–H groups in total. The summed E-state index contributed by atoms with van der Waals surface area (Å²) < 4.78 is 14.0. The first kappa shape index (κ1) is 21.6. The standard InChI is InChI=1S/C25H27FN2O2S/c1-5-28-21-11-10-17(12-19(21)16(2)14-25(28,3)4)13-22-23(29)27(24(30)31-22)15-18-8-6-7-9-20(18)26/h6-13,16H,5,14-15H2,1-4H3/b22-13+. The third-order valence-electron chi connectivity index (χ3n) is 6.18. The van der Waals surface area contributed by atoms with Crippen molar-refractivity contribution in [2.75, 3.05) is 11.4 Å². The lowest BCUT2D eigenvalue weighted by atomic mass is 9.79. The monoisotopic (exact) mass is 438 g/mol. The summed E-state index contributed by atoms with van der Waals surface area (Å²) in [5, 5.41) is -0.371. The Morgan fingerprint density at radius 1 is 1.19 bits per heavy atom. The molecule has 0 aromatic heterocycles. The molecule has 6 heteroatoms. The van der Waals surface area contributed by atoms with E-state index in [-0.39, 0.29) is 23.2 Å². The molecule has 162 valence electrons. The van der Waals surface area contributed by atoms with Gasteiger partial charge in [-0.1, -0.05) is 31.2 Å². The molecule has 2 aliphatic heterocycles. The van der Waals surface area contributed by atoms with E-state index in [1.54, 1.807) is 24.3 Å². The normalized spacial score (nSPS) is 21.7. The third-order valence-corrected chi connectivity index (χ3v) is 7.09. The topological polar surface area (TPSA) is 40.6 Å². The quantitative estimate of drug-likeness (QED) is 0.535. The number of carbonyl (C=O) groups is 2. The minimum atomic E-state index is -0.419. The van der Waals surface area contributed by atoms with Gasteiger partial charge in [-0.3, -0.25) is 14.5 Å². The van der Waals surface area contributed by atoms with Crippen molar-refractivity contribution in [1.29, 1.82) is 0 Å². The molecular formula is C25H27FN2O2S. The molecule has 2 aromatic rings. The lowest BCUT2D eigenvalue weighted by molar-refractivity contribution is -0.123. The summed E-state index contributed by atoms with van der Waals surface area (Å²) in [7, 11) is 0. The van der Waals surface area contributed by atoms with Crippen molar-refractivity contribution >= 4 is 34.7 Å². The zero-order valence-corrected chi connectivity index (χ0v) is 19.1. The first-order chi connectivity index (χ1) is 14.7. The van der Waals surface area contributed by atoms with Crippen molar-refractivity contribution in [3.8, 4) is 0 Å². The molecule has 4 rings (SSSR count). The highest BCUT2D eigenvalue weighted by Gasteiger charge is 2.37. The van der Waals surface area contributed by atoms with Crippen LogP contribution in [-0.4, -0.2) is 28.1 Å². The zero-order chi connectivity index (χ0) is 22.3. The number of imide groups is 1. The average molecular weight is 439 g/mol. The number of nitrogens with zero attached hydrogens (tertiary/aromatic N) is 2. The van der Waals surface area contributed by atoms with Gasteiger partial charge >= 0.3 is 0 Å². The number of hydrogen-bond donors (Lipinski definition) is 0. The van der Waals surface area contributed by atoms with Crippen molar-refractivity contribution < 1.29 is 14.0 Å². The molecule has 0 spiro atoms. The second-order valence-corrected chi connectivity index (χ2v) is 9.83. The number of rotatable bonds is 4. The minimum absolute atomic E-state index is 0.0591. The fraction of sp³-hybridized carbons (Fsp3) is 0.360. The van der Waals surface area contributed by atoms with Crippen LogP contribution in [0.25, 0.3) is 6.08 Å². The van der Waals surface area contributed by atoms with Crippen molar-refractivity contribution in [3.63, 3.8) is 0 Å². The highest BCUT2D eigenvalue weighted by Crippen LogP contribution is 2.44. The Morgan fingerprint density at radius 2 is 1.94 bits per heavy atom. The van der Waals surface area contributed by atoms with E-state index >= 15 is 0 Å². The van der Waals surface area contributed by atoms with Crippen LogP contribution >= 0.6 is 11.8 Å². The molecule has 2 heterocycles. The van der Waals surface area contributed by atoms with Gasteiger partial charge in [-0.2, -0.15) is 0 Å². The molecule has 2 aromatic carbocycles. The molecular weight excluding hydrogens is 411 g/mol. The number of amides is 2. The molecule has 2 amide bonds. The molecule has 0 aliphatic carbocycles. The molecule has 31 heavy (non-hydrogen) atoms. The van der Waals surface area contributed by atoms with Gasteiger partial charge in [-0.25, -0.2) is 4.39 Å². The van der Waals surface area contributed by atoms with Gasteiger partial charge < -0.3 is 4.90 Å². The smallest absolute Gasteiger partial charge is 0.293 e. The van der Waals surface area contributed by atoms with Crippen molar-refractivity contribution in [3.05, 3.63) is 69.9 Å². The molecule has 0 bridgehead atoms. The van der Waals surface area contributed by atoms with Gasteiger partial charge in [0.2, 0.25) is 0 Å². The van der Waals surface area contributed by atoms with E-state index in [2.05, 4.69) is 44.7 Å². The third kappa shape index (κ3) is 4.01. The summed E-state index contributed by atoms with van der Waals surface area (Å²) in [5.41, 5.74) is 3.82. The van der Waals surface area contributed by atoms with Crippen LogP contribution in [0.5, 0.6) is 0 Å². The summed E-state index contributed by atoms with van der Waals surface area (Å²) >= 11 is 0.910. The van der Waals surface area contributed by atoms with Crippen LogP contribution in [0.3, 0.4) is 0 Å². The first-order valence-electron chi connectivity index (χ1n) is 10.6. The van der Waals surface area contributed by atoms with Crippen LogP contribution in [0.2, 0.25) is 0 Å². The Labute approximate surface area is 187 Å². The van der Waals surface area contributed by atoms with E-state index in [9.17, 15) is 14.0 Å². The van der Waals surface area contributed by atoms with E-state index in [0.717, 1.165) is 35.2 Å². The summed E-state index contributed by atoms with van der Waals surface area (Å²) in [5.74, 6) is -0.393. The Balaban J connectivity index is 1.61. The van der Waals surface area contributed by atoms with E-state index < -0.39 is 5.82 Å². The second kappa shape index (κ2) is 8.15. The maximum Gasteiger partial charge on any atom is 0.293 e. The number of halogens is 1. The fourth-order valence-corrected chi connectivity index (χ4v) is 5.62. The largest absolute Gasteiger partial charge is 0.366 e. The number of hydrogen-bond acceptors (Lipinski definition) is 4. The molecule has 4 nitrogen and oxygen atoms in total. The van der Waals surface area contributed by atoms with E-state index in [1.165, 1.54) is 17.3 Å². The Bertz CT molecular complexity index is 1080. The van der Waals surface area contributed by atoms with Crippen molar-refractivity contribution in [2.24, 2.45) is 0 Å². The van der Waals surface area contributed by atoms with Crippen LogP contribution in [0.4, 0.5) is 14.9 Å². The van der Waals surface area contributed by atoms with E-state index in [4.69, 9.17) is 0 Å². The number of benzene rings is 2.